The van der Waals surface area contributed by atoms with Gasteiger partial charge in [-0.05, 0) is 15.4 Å². The number of rotatable bonds is 6. The number of ether oxygens (including phenoxy) is 2. The molecule has 0 bridgehead atoms. The molecular weight excluding hydrogens is 332 g/mol. The Kier molecular flexibility index (Phi) is 5.40. The summed E-state index contributed by atoms with van der Waals surface area (Å²) in [5.74, 6) is 0. The smallest absolute Gasteiger partial charge is 0.265 e. The number of aryl methyl sites for hydroxylation is 1. The lowest BCUT2D eigenvalue weighted by Gasteiger charge is -2.25. The van der Waals surface area contributed by atoms with Gasteiger partial charge in [0.25, 0.3) is 10.0 Å². The summed E-state index contributed by atoms with van der Waals surface area (Å²) in [6.07, 6.45) is 1.03. The number of hydrogen-bond acceptors (Lipinski definition) is 5. The maximum Gasteiger partial charge on any atom is 0.265 e. The Bertz CT molecular complexity index is 595. The van der Waals surface area contributed by atoms with Gasteiger partial charge in [0, 0.05) is 39.5 Å². The fourth-order valence-corrected chi connectivity index (χ4v) is 5.90. The van der Waals surface area contributed by atoms with Crippen LogP contribution in [0.25, 0.3) is 0 Å². The highest BCUT2D eigenvalue weighted by Gasteiger charge is 2.41. The molecule has 7 nitrogen and oxygen atoms in total. The van der Waals surface area contributed by atoms with Crippen LogP contribution in [0.2, 0.25) is 0 Å². The van der Waals surface area contributed by atoms with E-state index in [9.17, 15) is 8.42 Å². The first kappa shape index (κ1) is 17.3. The number of aromatic nitrogens is 2. The van der Waals surface area contributed by atoms with E-state index in [1.165, 1.54) is 4.08 Å². The van der Waals surface area contributed by atoms with Crippen LogP contribution in [0.3, 0.4) is 0 Å². The summed E-state index contributed by atoms with van der Waals surface area (Å²) < 4.78 is 39.1. The van der Waals surface area contributed by atoms with Crippen LogP contribution < -0.4 is 0 Å². The largest absolute Gasteiger partial charge is 0.378 e. The molecule has 0 spiro atoms. The van der Waals surface area contributed by atoms with E-state index in [0.29, 0.717) is 25.9 Å². The number of nitrogens with zero attached hydrogens (tertiary/aromatic N) is 3. The van der Waals surface area contributed by atoms with Crippen LogP contribution in [0.4, 0.5) is 0 Å². The van der Waals surface area contributed by atoms with Crippen LogP contribution in [-0.2, 0) is 32.1 Å². The molecule has 3 atom stereocenters. The van der Waals surface area contributed by atoms with Gasteiger partial charge in [0.05, 0.1) is 12.3 Å². The SMILES string of the molecule is COC1(c2cc(S(=O)(=O)N(CP)PC)nn2C)CCOC1. The molecule has 3 unspecified atom stereocenters. The fourth-order valence-electron chi connectivity index (χ4n) is 2.43. The molecule has 1 saturated heterocycles. The van der Waals surface area contributed by atoms with Crippen molar-refractivity contribution in [1.82, 2.24) is 13.9 Å². The van der Waals surface area contributed by atoms with E-state index >= 15 is 0 Å². The van der Waals surface area contributed by atoms with Gasteiger partial charge in [-0.2, -0.15) is 9.17 Å². The topological polar surface area (TPSA) is 73.7 Å². The van der Waals surface area contributed by atoms with Crippen LogP contribution in [0.1, 0.15) is 12.1 Å². The van der Waals surface area contributed by atoms with E-state index in [1.54, 1.807) is 24.9 Å². The third kappa shape index (κ3) is 3.03. The summed E-state index contributed by atoms with van der Waals surface area (Å²) in [6.45, 7) is 2.83. The minimum atomic E-state index is -3.57. The van der Waals surface area contributed by atoms with Crippen molar-refractivity contribution in [3.05, 3.63) is 11.8 Å². The van der Waals surface area contributed by atoms with Gasteiger partial charge < -0.3 is 9.47 Å². The second-order valence-electron chi connectivity index (χ2n) is 4.75. The maximum absolute atomic E-state index is 12.5. The second kappa shape index (κ2) is 6.57. The summed E-state index contributed by atoms with van der Waals surface area (Å²) >= 11 is 0. The number of methoxy groups -OCH3 is 1. The number of sulfonamides is 1. The van der Waals surface area contributed by atoms with Crippen molar-refractivity contribution in [2.24, 2.45) is 7.05 Å². The molecule has 21 heavy (non-hydrogen) atoms. The highest BCUT2D eigenvalue weighted by atomic mass is 32.2. The van der Waals surface area contributed by atoms with Gasteiger partial charge >= 0.3 is 0 Å². The van der Waals surface area contributed by atoms with Crippen molar-refractivity contribution in [1.29, 1.82) is 0 Å². The Hall–Kier alpha value is -0.100. The Morgan fingerprint density at radius 3 is 2.86 bits per heavy atom. The molecular formula is C11H21N3O4P2S. The zero-order valence-corrected chi connectivity index (χ0v) is 15.3. The van der Waals surface area contributed by atoms with E-state index in [0.717, 1.165) is 5.69 Å². The Morgan fingerprint density at radius 1 is 1.67 bits per heavy atom. The molecule has 1 aliphatic heterocycles. The highest BCUT2D eigenvalue weighted by molar-refractivity contribution is 7.92. The molecule has 0 amide bonds. The van der Waals surface area contributed by atoms with Gasteiger partial charge in [-0.1, -0.05) is 0 Å². The van der Waals surface area contributed by atoms with Gasteiger partial charge in [0.15, 0.2) is 5.03 Å². The molecule has 0 saturated carbocycles. The number of hydrogen-bond donors (Lipinski definition) is 0. The highest BCUT2D eigenvalue weighted by Crippen LogP contribution is 2.35. The third-order valence-electron chi connectivity index (χ3n) is 3.67. The standard InChI is InChI=1S/C11H21N3O4P2S/c1-13-9(11(17-2)4-5-18-7-11)6-10(12-13)21(15,16)14(8-19)20-3/h6,20H,4-5,7-8,19H2,1-3H3. The Balaban J connectivity index is 2.44. The first-order chi connectivity index (χ1) is 9.91. The van der Waals surface area contributed by atoms with Gasteiger partial charge in [-0.15, -0.1) is 9.24 Å². The quantitative estimate of drug-likeness (QED) is 0.705. The van der Waals surface area contributed by atoms with E-state index in [-0.39, 0.29) is 13.8 Å². The van der Waals surface area contributed by atoms with Crippen LogP contribution in [0, 0.1) is 0 Å². The maximum atomic E-state index is 12.5. The van der Waals surface area contributed by atoms with Crippen LogP contribution >= 0.6 is 18.0 Å². The van der Waals surface area contributed by atoms with E-state index in [2.05, 4.69) is 14.3 Å². The predicted octanol–water partition coefficient (Wildman–Crippen LogP) is 0.729. The molecule has 0 aromatic carbocycles. The van der Waals surface area contributed by atoms with Gasteiger partial charge in [-0.3, -0.25) is 4.68 Å². The molecule has 1 aliphatic rings. The zero-order valence-electron chi connectivity index (χ0n) is 12.4. The van der Waals surface area contributed by atoms with E-state index in [1.807, 2.05) is 6.66 Å². The minimum Gasteiger partial charge on any atom is -0.378 e. The van der Waals surface area contributed by atoms with E-state index < -0.39 is 15.6 Å². The second-order valence-corrected chi connectivity index (χ2v) is 8.24. The molecule has 0 N–H and O–H groups in total. The van der Waals surface area contributed by atoms with E-state index in [4.69, 9.17) is 9.47 Å². The van der Waals surface area contributed by atoms with Crippen molar-refractivity contribution < 1.29 is 17.9 Å². The van der Waals surface area contributed by atoms with Crippen LogP contribution in [0.15, 0.2) is 11.1 Å². The average Bonchev–Trinajstić information content (AvgIpc) is 3.07. The Labute approximate surface area is 129 Å². The predicted molar refractivity (Wildman–Crippen MR) is 85.2 cm³/mol. The van der Waals surface area contributed by atoms with Gasteiger partial charge in [-0.25, -0.2) is 8.42 Å². The summed E-state index contributed by atoms with van der Waals surface area (Å²) in [4.78, 5) is 0. The molecule has 1 fully saturated rings. The van der Waals surface area contributed by atoms with Gasteiger partial charge in [0.2, 0.25) is 0 Å². The summed E-state index contributed by atoms with van der Waals surface area (Å²) in [5, 5.41) is 4.24. The molecule has 2 heterocycles. The minimum absolute atomic E-state index is 0.0557. The molecule has 2 rings (SSSR count). The van der Waals surface area contributed by atoms with Gasteiger partial charge in [0.1, 0.15) is 5.60 Å². The van der Waals surface area contributed by atoms with Crippen molar-refractivity contribution in [2.45, 2.75) is 17.0 Å². The Morgan fingerprint density at radius 2 is 2.38 bits per heavy atom. The third-order valence-corrected chi connectivity index (χ3v) is 8.07. The molecule has 1 aromatic heterocycles. The normalized spacial score (nSPS) is 23.7. The lowest BCUT2D eigenvalue weighted by Crippen LogP contribution is -2.31. The lowest BCUT2D eigenvalue weighted by atomic mass is 9.99. The molecule has 10 heteroatoms. The average molecular weight is 353 g/mol. The fraction of sp³-hybridized carbons (Fsp3) is 0.727. The zero-order chi connectivity index (χ0) is 15.7. The van der Waals surface area contributed by atoms with Crippen molar-refractivity contribution in [2.75, 3.05) is 33.3 Å². The summed E-state index contributed by atoms with van der Waals surface area (Å²) in [6, 6.07) is 1.60. The first-order valence-corrected chi connectivity index (χ1v) is 10.2. The summed E-state index contributed by atoms with van der Waals surface area (Å²) in [5.41, 5.74) is 0.111. The summed E-state index contributed by atoms with van der Waals surface area (Å²) in [7, 11) is 2.35. The van der Waals surface area contributed by atoms with Crippen molar-refractivity contribution >= 4 is 28.0 Å². The molecule has 0 aliphatic carbocycles. The molecule has 120 valence electrons. The van der Waals surface area contributed by atoms with Crippen molar-refractivity contribution in [3.63, 3.8) is 0 Å². The van der Waals surface area contributed by atoms with Crippen molar-refractivity contribution in [3.8, 4) is 0 Å². The monoisotopic (exact) mass is 353 g/mol. The lowest BCUT2D eigenvalue weighted by molar-refractivity contribution is -0.0272. The van der Waals surface area contributed by atoms with Crippen LogP contribution in [0.5, 0.6) is 0 Å². The van der Waals surface area contributed by atoms with Crippen LogP contribution in [-0.4, -0.2) is 55.5 Å². The molecule has 0 radical (unpaired) electrons. The first-order valence-electron chi connectivity index (χ1n) is 6.49. The molecule has 1 aromatic rings.